The number of carbonyl (C=O) groups is 1. The van der Waals surface area contributed by atoms with Crippen LogP contribution in [0, 0.1) is 28.6 Å². The highest BCUT2D eigenvalue weighted by molar-refractivity contribution is 7.80. The minimum Gasteiger partial charge on any atom is -0.295 e. The van der Waals surface area contributed by atoms with Crippen LogP contribution in [0.2, 0.25) is 0 Å². The Morgan fingerprint density at radius 3 is 2.56 bits per heavy atom. The van der Waals surface area contributed by atoms with E-state index in [0.717, 1.165) is 38.5 Å². The van der Waals surface area contributed by atoms with Crippen LogP contribution in [0.5, 0.6) is 0 Å². The van der Waals surface area contributed by atoms with E-state index >= 15 is 0 Å². The van der Waals surface area contributed by atoms with Gasteiger partial charge in [0.25, 0.3) is 0 Å². The molecule has 0 spiro atoms. The van der Waals surface area contributed by atoms with Crippen molar-refractivity contribution in [3.63, 3.8) is 0 Å². The maximum Gasteiger partial charge on any atom is 0.397 e. The van der Waals surface area contributed by atoms with Gasteiger partial charge in [0, 0.05) is 6.42 Å². The molecule has 1 N–H and O–H groups in total. The summed E-state index contributed by atoms with van der Waals surface area (Å²) in [4.78, 5) is 11.9. The number of hydrogen-bond acceptors (Lipinski definition) is 4. The first-order chi connectivity index (χ1) is 11.6. The standard InChI is InChI=1S/C19H28O5S/c1-18-9-7-13(20)11-12(18)3-4-14-15-5-6-17(24-25(21,22)23)19(15,2)10-8-16(14)18/h11,14-17H,3-10H2,1-2H3,(H,21,22,23)/t14-,15-,16-,17-,18-,19-/m0/s1/i1+1. The molecule has 6 heteroatoms. The Labute approximate surface area is 150 Å². The van der Waals surface area contributed by atoms with E-state index in [4.69, 9.17) is 8.74 Å². The Hall–Kier alpha value is -0.720. The van der Waals surface area contributed by atoms with Gasteiger partial charge in [0.05, 0.1) is 6.10 Å². The molecule has 0 aromatic rings. The number of fused-ring (bicyclic) bond motifs is 5. The Kier molecular flexibility index (Phi) is 3.99. The van der Waals surface area contributed by atoms with Crippen molar-refractivity contribution in [2.24, 2.45) is 28.6 Å². The van der Waals surface area contributed by atoms with E-state index in [0.29, 0.717) is 30.6 Å². The third kappa shape index (κ3) is 2.72. The molecule has 0 saturated heterocycles. The maximum absolute atomic E-state index is 11.9. The van der Waals surface area contributed by atoms with Crippen molar-refractivity contribution in [2.45, 2.75) is 71.3 Å². The van der Waals surface area contributed by atoms with Gasteiger partial charge < -0.3 is 0 Å². The average molecular weight is 369 g/mol. The normalized spacial score (nSPS) is 46.8. The summed E-state index contributed by atoms with van der Waals surface area (Å²) < 4.78 is 36.7. The summed E-state index contributed by atoms with van der Waals surface area (Å²) in [6, 6.07) is 0. The van der Waals surface area contributed by atoms with Gasteiger partial charge >= 0.3 is 10.4 Å². The Morgan fingerprint density at radius 1 is 1.08 bits per heavy atom. The molecular formula is C19H28O5S. The van der Waals surface area contributed by atoms with E-state index in [1.54, 1.807) is 0 Å². The number of hydrogen-bond donors (Lipinski definition) is 1. The minimum absolute atomic E-state index is 0.125. The van der Waals surface area contributed by atoms with Crippen LogP contribution in [0.25, 0.3) is 0 Å². The lowest BCUT2D eigenvalue weighted by atomic mass is 9.49. The van der Waals surface area contributed by atoms with Crippen molar-refractivity contribution < 1.29 is 21.9 Å². The van der Waals surface area contributed by atoms with Crippen LogP contribution in [-0.4, -0.2) is 24.9 Å². The highest BCUT2D eigenvalue weighted by atomic mass is 32.3. The summed E-state index contributed by atoms with van der Waals surface area (Å²) in [7, 11) is -4.41. The number of rotatable bonds is 2. The molecule has 0 amide bonds. The van der Waals surface area contributed by atoms with Crippen molar-refractivity contribution in [3.05, 3.63) is 11.6 Å². The molecule has 0 heterocycles. The average Bonchev–Trinajstić information content (AvgIpc) is 2.83. The second kappa shape index (κ2) is 5.64. The van der Waals surface area contributed by atoms with Gasteiger partial charge in [-0.3, -0.25) is 9.35 Å². The number of ketones is 1. The summed E-state index contributed by atoms with van der Waals surface area (Å²) in [5.74, 6) is 1.84. The molecule has 25 heavy (non-hydrogen) atoms. The summed E-state index contributed by atoms with van der Waals surface area (Å²) >= 11 is 0. The fraction of sp³-hybridized carbons (Fsp3) is 0.842. The second-order valence-corrected chi connectivity index (χ2v) is 10.2. The van der Waals surface area contributed by atoms with Crippen LogP contribution < -0.4 is 0 Å². The van der Waals surface area contributed by atoms with Crippen LogP contribution in [0.4, 0.5) is 0 Å². The fourth-order valence-corrected chi connectivity index (χ4v) is 7.43. The van der Waals surface area contributed by atoms with Gasteiger partial charge in [-0.1, -0.05) is 19.4 Å². The molecule has 4 aliphatic carbocycles. The maximum atomic E-state index is 11.9. The van der Waals surface area contributed by atoms with Crippen molar-refractivity contribution >= 4 is 16.2 Å². The van der Waals surface area contributed by atoms with Gasteiger partial charge in [0.15, 0.2) is 5.78 Å². The molecule has 3 fully saturated rings. The van der Waals surface area contributed by atoms with Crippen LogP contribution in [0.3, 0.4) is 0 Å². The number of carbonyl (C=O) groups excluding carboxylic acids is 1. The molecule has 0 radical (unpaired) electrons. The third-order valence-corrected chi connectivity index (χ3v) is 8.59. The predicted octanol–water partition coefficient (Wildman–Crippen LogP) is 3.71. The first-order valence-corrected chi connectivity index (χ1v) is 10.9. The Bertz CT molecular complexity index is 726. The van der Waals surface area contributed by atoms with Crippen molar-refractivity contribution in [2.75, 3.05) is 0 Å². The molecular weight excluding hydrogens is 341 g/mol. The van der Waals surface area contributed by atoms with Crippen molar-refractivity contribution in [3.8, 4) is 0 Å². The molecule has 0 aliphatic heterocycles. The van der Waals surface area contributed by atoms with Gasteiger partial charge in [-0.25, -0.2) is 4.18 Å². The van der Waals surface area contributed by atoms with Gasteiger partial charge in [-0.05, 0) is 79.6 Å². The van der Waals surface area contributed by atoms with Gasteiger partial charge in [-0.2, -0.15) is 8.42 Å². The van der Waals surface area contributed by atoms with Crippen molar-refractivity contribution in [1.29, 1.82) is 0 Å². The quantitative estimate of drug-likeness (QED) is 0.593. The summed E-state index contributed by atoms with van der Waals surface area (Å²) in [5, 5.41) is 0. The molecule has 0 unspecified atom stereocenters. The Balaban J connectivity index is 1.62. The molecule has 0 aromatic heterocycles. The Morgan fingerprint density at radius 2 is 1.84 bits per heavy atom. The minimum atomic E-state index is -4.41. The molecule has 5 nitrogen and oxygen atoms in total. The predicted molar refractivity (Wildman–Crippen MR) is 93.1 cm³/mol. The van der Waals surface area contributed by atoms with E-state index in [9.17, 15) is 13.2 Å². The van der Waals surface area contributed by atoms with E-state index in [1.807, 2.05) is 6.08 Å². The first-order valence-electron chi connectivity index (χ1n) is 9.53. The van der Waals surface area contributed by atoms with E-state index < -0.39 is 16.5 Å². The topological polar surface area (TPSA) is 80.7 Å². The lowest BCUT2D eigenvalue weighted by Crippen LogP contribution is -2.51. The zero-order valence-electron chi connectivity index (χ0n) is 15.0. The van der Waals surface area contributed by atoms with Gasteiger partial charge in [-0.15, -0.1) is 0 Å². The van der Waals surface area contributed by atoms with Crippen LogP contribution >= 0.6 is 0 Å². The van der Waals surface area contributed by atoms with Crippen LogP contribution in [0.15, 0.2) is 11.6 Å². The molecule has 3 saturated carbocycles. The number of allylic oxidation sites excluding steroid dienone is 1. The van der Waals surface area contributed by atoms with E-state index in [1.165, 1.54) is 5.57 Å². The monoisotopic (exact) mass is 369 g/mol. The fourth-order valence-electron chi connectivity index (χ4n) is 6.82. The molecule has 6 atom stereocenters. The van der Waals surface area contributed by atoms with Crippen molar-refractivity contribution in [1.82, 2.24) is 0 Å². The summed E-state index contributed by atoms with van der Waals surface area (Å²) in [6.45, 7) is 4.49. The highest BCUT2D eigenvalue weighted by Gasteiger charge is 2.59. The van der Waals surface area contributed by atoms with Crippen LogP contribution in [0.1, 0.15) is 65.2 Å². The SMILES string of the molecule is C[C@]12CC[C@H]3[C@@H](CCC4=CC(=O)CC[C@@]43[13CH3])[C@@H]1CC[C@@H]2OS(=O)(=O)O. The molecule has 0 aromatic carbocycles. The van der Waals surface area contributed by atoms with Crippen LogP contribution in [-0.2, 0) is 19.4 Å². The smallest absolute Gasteiger partial charge is 0.295 e. The molecule has 4 rings (SSSR count). The largest absolute Gasteiger partial charge is 0.397 e. The molecule has 4 aliphatic rings. The molecule has 140 valence electrons. The third-order valence-electron chi connectivity index (χ3n) is 8.11. The van der Waals surface area contributed by atoms with Gasteiger partial charge in [0.1, 0.15) is 0 Å². The highest BCUT2D eigenvalue weighted by Crippen LogP contribution is 2.65. The van der Waals surface area contributed by atoms with E-state index in [2.05, 4.69) is 13.8 Å². The zero-order chi connectivity index (χ0) is 18.0. The second-order valence-electron chi connectivity index (χ2n) is 9.10. The summed E-state index contributed by atoms with van der Waals surface area (Å²) in [6.07, 6.45) is 8.80. The molecule has 0 bridgehead atoms. The lowest BCUT2D eigenvalue weighted by molar-refractivity contribution is -0.117. The first kappa shape index (κ1) is 17.7. The summed E-state index contributed by atoms with van der Waals surface area (Å²) in [5.41, 5.74) is 1.29. The lowest BCUT2D eigenvalue weighted by Gasteiger charge is -2.57. The zero-order valence-corrected chi connectivity index (χ0v) is 15.8. The van der Waals surface area contributed by atoms with Gasteiger partial charge in [0.2, 0.25) is 0 Å². The van der Waals surface area contributed by atoms with E-state index in [-0.39, 0.29) is 16.6 Å².